The van der Waals surface area contributed by atoms with Gasteiger partial charge in [0.25, 0.3) is 5.19 Å². The Kier molecular flexibility index (Phi) is 2.05. The molecule has 2 rings (SSSR count). The number of hydrogen-bond donors (Lipinski definition) is 0. The highest BCUT2D eigenvalue weighted by molar-refractivity contribution is 7.11. The average Bonchev–Trinajstić information content (AvgIpc) is 2.60. The molecule has 3 nitrogen and oxygen atoms in total. The first kappa shape index (κ1) is 7.06. The lowest BCUT2D eigenvalue weighted by Crippen LogP contribution is -2.15. The largest absolute Gasteiger partial charge is 0.464 e. The number of ether oxygens (including phenoxy) is 2. The van der Waals surface area contributed by atoms with E-state index < -0.39 is 0 Å². The van der Waals surface area contributed by atoms with Crippen molar-refractivity contribution in [2.75, 3.05) is 13.2 Å². The first-order valence-corrected chi connectivity index (χ1v) is 4.47. The molecule has 1 unspecified atom stereocenters. The van der Waals surface area contributed by atoms with Crippen molar-refractivity contribution in [3.63, 3.8) is 0 Å². The lowest BCUT2D eigenvalue weighted by molar-refractivity contribution is 0.141. The van der Waals surface area contributed by atoms with Crippen molar-refractivity contribution < 1.29 is 9.47 Å². The van der Waals surface area contributed by atoms with E-state index in [0.29, 0.717) is 6.61 Å². The van der Waals surface area contributed by atoms with Crippen LogP contribution < -0.4 is 4.74 Å². The predicted molar refractivity (Wildman–Crippen MR) is 42.0 cm³/mol. The molecule has 0 radical (unpaired) electrons. The molecule has 1 fully saturated rings. The highest BCUT2D eigenvalue weighted by Crippen LogP contribution is 2.18. The van der Waals surface area contributed by atoms with E-state index in [2.05, 4.69) is 4.98 Å². The van der Waals surface area contributed by atoms with Crippen molar-refractivity contribution in [1.29, 1.82) is 0 Å². The van der Waals surface area contributed by atoms with Crippen LogP contribution >= 0.6 is 11.3 Å². The van der Waals surface area contributed by atoms with Crippen molar-refractivity contribution in [3.05, 3.63) is 11.6 Å². The van der Waals surface area contributed by atoms with Crippen LogP contribution in [0.2, 0.25) is 0 Å². The molecule has 1 atom stereocenters. The van der Waals surface area contributed by atoms with E-state index >= 15 is 0 Å². The van der Waals surface area contributed by atoms with E-state index in [9.17, 15) is 0 Å². The van der Waals surface area contributed by atoms with Gasteiger partial charge in [-0.1, -0.05) is 11.3 Å². The van der Waals surface area contributed by atoms with Crippen LogP contribution in [0.5, 0.6) is 5.19 Å². The summed E-state index contributed by atoms with van der Waals surface area (Å²) >= 11 is 1.52. The second-order valence-electron chi connectivity index (χ2n) is 2.40. The van der Waals surface area contributed by atoms with Gasteiger partial charge in [-0.2, -0.15) is 0 Å². The maximum Gasteiger partial charge on any atom is 0.273 e. The van der Waals surface area contributed by atoms with Crippen molar-refractivity contribution in [1.82, 2.24) is 4.98 Å². The van der Waals surface area contributed by atoms with Gasteiger partial charge >= 0.3 is 0 Å². The van der Waals surface area contributed by atoms with Crippen LogP contribution in [0.15, 0.2) is 11.6 Å². The van der Waals surface area contributed by atoms with Crippen LogP contribution in [0.4, 0.5) is 0 Å². The summed E-state index contributed by atoms with van der Waals surface area (Å²) in [5, 5.41) is 2.66. The third-order valence-electron chi connectivity index (χ3n) is 1.57. The Hall–Kier alpha value is -0.610. The highest BCUT2D eigenvalue weighted by Gasteiger charge is 2.17. The van der Waals surface area contributed by atoms with Gasteiger partial charge in [-0.15, -0.1) is 0 Å². The fraction of sp³-hybridized carbons (Fsp3) is 0.571. The third kappa shape index (κ3) is 1.70. The number of hydrogen-bond acceptors (Lipinski definition) is 4. The molecule has 1 aliphatic rings. The monoisotopic (exact) mass is 171 g/mol. The van der Waals surface area contributed by atoms with Crippen LogP contribution in [-0.2, 0) is 4.74 Å². The van der Waals surface area contributed by atoms with Gasteiger partial charge in [0.15, 0.2) is 0 Å². The van der Waals surface area contributed by atoms with Gasteiger partial charge in [0, 0.05) is 18.0 Å². The zero-order valence-corrected chi connectivity index (χ0v) is 6.84. The summed E-state index contributed by atoms with van der Waals surface area (Å²) in [7, 11) is 0. The maximum atomic E-state index is 5.50. The molecule has 0 spiro atoms. The minimum atomic E-state index is 0.223. The van der Waals surface area contributed by atoms with E-state index in [1.54, 1.807) is 6.20 Å². The Labute approximate surface area is 69.0 Å². The normalized spacial score (nSPS) is 23.8. The molecule has 60 valence electrons. The SMILES string of the molecule is c1csc(OC2CCOC2)n1. The lowest BCUT2D eigenvalue weighted by Gasteiger charge is -2.06. The fourth-order valence-corrected chi connectivity index (χ4v) is 1.57. The van der Waals surface area contributed by atoms with Crippen LogP contribution in [0.3, 0.4) is 0 Å². The molecule has 1 saturated heterocycles. The molecule has 0 aromatic carbocycles. The first-order chi connectivity index (χ1) is 5.45. The van der Waals surface area contributed by atoms with Gasteiger partial charge in [-0.3, -0.25) is 0 Å². The minimum Gasteiger partial charge on any atom is -0.464 e. The molecule has 2 heterocycles. The van der Waals surface area contributed by atoms with Crippen molar-refractivity contribution in [3.8, 4) is 5.19 Å². The van der Waals surface area contributed by atoms with E-state index in [-0.39, 0.29) is 6.10 Å². The summed E-state index contributed by atoms with van der Waals surface area (Å²) < 4.78 is 10.7. The van der Waals surface area contributed by atoms with Crippen LogP contribution in [0.1, 0.15) is 6.42 Å². The van der Waals surface area contributed by atoms with Crippen molar-refractivity contribution in [2.24, 2.45) is 0 Å². The minimum absolute atomic E-state index is 0.223. The number of nitrogens with zero attached hydrogens (tertiary/aromatic N) is 1. The van der Waals surface area contributed by atoms with Gasteiger partial charge in [0.1, 0.15) is 6.10 Å². The Morgan fingerprint density at radius 3 is 3.36 bits per heavy atom. The second kappa shape index (κ2) is 3.19. The molecule has 1 aliphatic heterocycles. The van der Waals surface area contributed by atoms with E-state index in [1.807, 2.05) is 5.38 Å². The first-order valence-electron chi connectivity index (χ1n) is 3.59. The highest BCUT2D eigenvalue weighted by atomic mass is 32.1. The number of aromatic nitrogens is 1. The van der Waals surface area contributed by atoms with Gasteiger partial charge < -0.3 is 9.47 Å². The number of rotatable bonds is 2. The molecule has 1 aromatic rings. The quantitative estimate of drug-likeness (QED) is 0.672. The topological polar surface area (TPSA) is 31.4 Å². The summed E-state index contributed by atoms with van der Waals surface area (Å²) in [5.41, 5.74) is 0. The van der Waals surface area contributed by atoms with Gasteiger partial charge in [0.05, 0.1) is 13.2 Å². The Bertz CT molecular complexity index is 206. The Morgan fingerprint density at radius 1 is 1.73 bits per heavy atom. The van der Waals surface area contributed by atoms with Crippen LogP contribution in [0.25, 0.3) is 0 Å². The van der Waals surface area contributed by atoms with E-state index in [1.165, 1.54) is 11.3 Å². The summed E-state index contributed by atoms with van der Waals surface area (Å²) in [6.07, 6.45) is 2.95. The average molecular weight is 171 g/mol. The lowest BCUT2D eigenvalue weighted by atomic mass is 10.3. The summed E-state index contributed by atoms with van der Waals surface area (Å²) in [6.45, 7) is 1.52. The molecule has 1 aromatic heterocycles. The molecule has 0 N–H and O–H groups in total. The zero-order chi connectivity index (χ0) is 7.52. The molecule has 0 aliphatic carbocycles. The van der Waals surface area contributed by atoms with Crippen LogP contribution in [0, 0.1) is 0 Å². The predicted octanol–water partition coefficient (Wildman–Crippen LogP) is 1.31. The molecule has 11 heavy (non-hydrogen) atoms. The zero-order valence-electron chi connectivity index (χ0n) is 6.03. The van der Waals surface area contributed by atoms with Gasteiger partial charge in [-0.05, 0) is 0 Å². The van der Waals surface area contributed by atoms with Gasteiger partial charge in [-0.25, -0.2) is 4.98 Å². The van der Waals surface area contributed by atoms with Gasteiger partial charge in [0.2, 0.25) is 0 Å². The van der Waals surface area contributed by atoms with Crippen LogP contribution in [-0.4, -0.2) is 24.3 Å². The smallest absolute Gasteiger partial charge is 0.273 e. The Balaban J connectivity index is 1.90. The summed E-state index contributed by atoms with van der Waals surface area (Å²) in [6, 6.07) is 0. The fourth-order valence-electron chi connectivity index (χ4n) is 1.02. The second-order valence-corrected chi connectivity index (χ2v) is 3.26. The summed E-state index contributed by atoms with van der Waals surface area (Å²) in [5.74, 6) is 0. The maximum absolute atomic E-state index is 5.50. The third-order valence-corrected chi connectivity index (χ3v) is 2.23. The molecule has 0 amide bonds. The number of thiazole rings is 1. The molecular weight excluding hydrogens is 162 g/mol. The van der Waals surface area contributed by atoms with E-state index in [0.717, 1.165) is 18.2 Å². The molecule has 0 bridgehead atoms. The molecule has 4 heteroatoms. The standard InChI is InChI=1S/C7H9NO2S/c1-3-9-5-6(1)10-7-8-2-4-11-7/h2,4,6H,1,3,5H2. The van der Waals surface area contributed by atoms with Crippen molar-refractivity contribution >= 4 is 11.3 Å². The van der Waals surface area contributed by atoms with E-state index in [4.69, 9.17) is 9.47 Å². The Morgan fingerprint density at radius 2 is 2.73 bits per heavy atom. The summed E-state index contributed by atoms with van der Waals surface area (Å²) in [4.78, 5) is 4.02. The van der Waals surface area contributed by atoms with Crippen molar-refractivity contribution in [2.45, 2.75) is 12.5 Å². The molecular formula is C7H9NO2S. The molecule has 0 saturated carbocycles.